The fourth-order valence-corrected chi connectivity index (χ4v) is 2.75. The average molecular weight is 490 g/mol. The Labute approximate surface area is 183 Å². The predicted octanol–water partition coefficient (Wildman–Crippen LogP) is 3.57. The number of pyridine rings is 1. The first kappa shape index (κ1) is 21.9. The summed E-state index contributed by atoms with van der Waals surface area (Å²) in [6.07, 6.45) is 9.30. The Morgan fingerprint density at radius 3 is 2.68 bits per heavy atom. The Kier molecular flexibility index (Phi) is 9.47. The van der Waals surface area contributed by atoms with Crippen LogP contribution in [0.15, 0.2) is 72.4 Å². The van der Waals surface area contributed by atoms with Gasteiger partial charge in [0, 0.05) is 31.7 Å². The van der Waals surface area contributed by atoms with Gasteiger partial charge in [0.15, 0.2) is 5.96 Å². The molecule has 2 heterocycles. The summed E-state index contributed by atoms with van der Waals surface area (Å²) < 4.78 is 1.89. The van der Waals surface area contributed by atoms with Crippen molar-refractivity contribution in [2.24, 2.45) is 4.99 Å². The summed E-state index contributed by atoms with van der Waals surface area (Å²) in [6, 6.07) is 14.6. The van der Waals surface area contributed by atoms with E-state index < -0.39 is 0 Å². The molecule has 148 valence electrons. The third kappa shape index (κ3) is 6.95. The molecule has 0 aliphatic carbocycles. The molecule has 0 fully saturated rings. The van der Waals surface area contributed by atoms with Gasteiger partial charge in [0.2, 0.25) is 0 Å². The molecule has 6 nitrogen and oxygen atoms in total. The second-order valence-corrected chi connectivity index (χ2v) is 6.20. The molecule has 0 atom stereocenters. The quantitative estimate of drug-likeness (QED) is 0.219. The Hall–Kier alpha value is -2.42. The lowest BCUT2D eigenvalue weighted by atomic mass is 10.1. The smallest absolute Gasteiger partial charge is 0.191 e. The minimum Gasteiger partial charge on any atom is -0.357 e. The highest BCUT2D eigenvalue weighted by Gasteiger charge is 2.01. The van der Waals surface area contributed by atoms with E-state index in [0.717, 1.165) is 43.3 Å². The van der Waals surface area contributed by atoms with E-state index in [1.807, 2.05) is 22.9 Å². The van der Waals surface area contributed by atoms with E-state index in [4.69, 9.17) is 4.99 Å². The number of hydrogen-bond acceptors (Lipinski definition) is 3. The maximum absolute atomic E-state index is 4.69. The Morgan fingerprint density at radius 2 is 1.93 bits per heavy atom. The molecule has 0 radical (unpaired) electrons. The second kappa shape index (κ2) is 12.1. The minimum absolute atomic E-state index is 0. The lowest BCUT2D eigenvalue weighted by Crippen LogP contribution is -2.37. The summed E-state index contributed by atoms with van der Waals surface area (Å²) in [4.78, 5) is 13.1. The highest BCUT2D eigenvalue weighted by atomic mass is 127. The van der Waals surface area contributed by atoms with Gasteiger partial charge in [0.25, 0.3) is 0 Å². The summed E-state index contributed by atoms with van der Waals surface area (Å²) >= 11 is 0. The van der Waals surface area contributed by atoms with Gasteiger partial charge in [-0.15, -0.1) is 24.0 Å². The highest BCUT2D eigenvalue weighted by Crippen LogP contribution is 2.08. The molecular weight excluding hydrogens is 463 g/mol. The van der Waals surface area contributed by atoms with E-state index in [-0.39, 0.29) is 24.0 Å². The minimum atomic E-state index is 0. The maximum atomic E-state index is 4.69. The Balaban J connectivity index is 0.00000280. The number of hydrogen-bond donors (Lipinski definition) is 2. The number of rotatable bonds is 8. The van der Waals surface area contributed by atoms with Gasteiger partial charge in [-0.25, -0.2) is 15.0 Å². The molecule has 0 spiro atoms. The summed E-state index contributed by atoms with van der Waals surface area (Å²) in [5, 5.41) is 6.71. The fraction of sp³-hybridized carbons (Fsp3) is 0.286. The molecular formula is C21H27IN6. The topological polar surface area (TPSA) is 67.1 Å². The maximum Gasteiger partial charge on any atom is 0.191 e. The van der Waals surface area contributed by atoms with Crippen LogP contribution in [0.1, 0.15) is 24.5 Å². The molecule has 0 aliphatic rings. The second-order valence-electron chi connectivity index (χ2n) is 6.20. The number of imidazole rings is 1. The monoisotopic (exact) mass is 490 g/mol. The standard InChI is InChI=1S/C21H26N6.HI/c1-2-23-21(25-11-6-9-18-7-4-3-5-8-18)26-16-19-10-12-24-20(15-19)27-14-13-22-17-27;/h3-5,7-8,10,12-15,17H,2,6,9,11,16H2,1H3,(H2,23,25,26);1H. The number of nitrogens with one attached hydrogen (secondary N) is 2. The Morgan fingerprint density at radius 1 is 1.07 bits per heavy atom. The third-order valence-electron chi connectivity index (χ3n) is 4.12. The zero-order valence-electron chi connectivity index (χ0n) is 16.1. The average Bonchev–Trinajstić information content (AvgIpc) is 3.25. The van der Waals surface area contributed by atoms with Crippen LogP contribution in [0.5, 0.6) is 0 Å². The molecule has 1 aromatic carbocycles. The number of benzene rings is 1. The van der Waals surface area contributed by atoms with Crippen LogP contribution in [0.4, 0.5) is 0 Å². The van der Waals surface area contributed by atoms with Crippen molar-refractivity contribution in [3.63, 3.8) is 0 Å². The summed E-state index contributed by atoms with van der Waals surface area (Å²) in [6.45, 7) is 4.39. The molecule has 7 heteroatoms. The van der Waals surface area contributed by atoms with Crippen LogP contribution in [-0.4, -0.2) is 33.6 Å². The largest absolute Gasteiger partial charge is 0.357 e. The predicted molar refractivity (Wildman–Crippen MR) is 124 cm³/mol. The molecule has 0 unspecified atom stereocenters. The van der Waals surface area contributed by atoms with E-state index >= 15 is 0 Å². The number of halogens is 1. The first-order valence-electron chi connectivity index (χ1n) is 9.34. The first-order chi connectivity index (χ1) is 13.3. The van der Waals surface area contributed by atoms with Crippen LogP contribution in [0.25, 0.3) is 5.82 Å². The molecule has 0 aliphatic heterocycles. The summed E-state index contributed by atoms with van der Waals surface area (Å²) in [5.74, 6) is 1.69. The molecule has 0 saturated carbocycles. The number of aliphatic imine (C=N–C) groups is 1. The van der Waals surface area contributed by atoms with Gasteiger partial charge in [0.05, 0.1) is 6.54 Å². The lowest BCUT2D eigenvalue weighted by Gasteiger charge is -2.11. The van der Waals surface area contributed by atoms with Gasteiger partial charge < -0.3 is 10.6 Å². The van der Waals surface area contributed by atoms with Crippen LogP contribution >= 0.6 is 24.0 Å². The van der Waals surface area contributed by atoms with Crippen LogP contribution in [0.2, 0.25) is 0 Å². The van der Waals surface area contributed by atoms with E-state index in [0.29, 0.717) is 6.54 Å². The lowest BCUT2D eigenvalue weighted by molar-refractivity contribution is 0.743. The first-order valence-corrected chi connectivity index (χ1v) is 9.34. The van der Waals surface area contributed by atoms with Gasteiger partial charge in [-0.3, -0.25) is 4.57 Å². The van der Waals surface area contributed by atoms with Gasteiger partial charge in [-0.1, -0.05) is 30.3 Å². The number of aromatic nitrogens is 3. The molecule has 0 bridgehead atoms. The zero-order valence-corrected chi connectivity index (χ0v) is 18.4. The zero-order chi connectivity index (χ0) is 18.7. The summed E-state index contributed by atoms with van der Waals surface area (Å²) in [7, 11) is 0. The van der Waals surface area contributed by atoms with Crippen molar-refractivity contribution >= 4 is 29.9 Å². The van der Waals surface area contributed by atoms with Crippen molar-refractivity contribution in [2.75, 3.05) is 13.1 Å². The van der Waals surface area contributed by atoms with Crippen LogP contribution in [-0.2, 0) is 13.0 Å². The van der Waals surface area contributed by atoms with Crippen molar-refractivity contribution in [2.45, 2.75) is 26.3 Å². The van der Waals surface area contributed by atoms with Gasteiger partial charge in [-0.2, -0.15) is 0 Å². The van der Waals surface area contributed by atoms with Crippen molar-refractivity contribution in [3.8, 4) is 5.82 Å². The van der Waals surface area contributed by atoms with E-state index in [1.54, 1.807) is 18.7 Å². The number of aryl methyl sites for hydroxylation is 1. The molecule has 3 aromatic rings. The van der Waals surface area contributed by atoms with E-state index in [1.165, 1.54) is 5.56 Å². The van der Waals surface area contributed by atoms with Crippen molar-refractivity contribution in [1.29, 1.82) is 0 Å². The highest BCUT2D eigenvalue weighted by molar-refractivity contribution is 14.0. The molecule has 0 saturated heterocycles. The molecule has 3 rings (SSSR count). The molecule has 28 heavy (non-hydrogen) atoms. The van der Waals surface area contributed by atoms with Crippen molar-refractivity contribution < 1.29 is 0 Å². The van der Waals surface area contributed by atoms with Crippen molar-refractivity contribution in [3.05, 3.63) is 78.5 Å². The van der Waals surface area contributed by atoms with E-state index in [2.05, 4.69) is 57.9 Å². The molecule has 2 aromatic heterocycles. The van der Waals surface area contributed by atoms with Crippen molar-refractivity contribution in [1.82, 2.24) is 25.2 Å². The van der Waals surface area contributed by atoms with Crippen LogP contribution in [0, 0.1) is 0 Å². The van der Waals surface area contributed by atoms with Gasteiger partial charge >= 0.3 is 0 Å². The van der Waals surface area contributed by atoms with E-state index in [9.17, 15) is 0 Å². The SMILES string of the molecule is CCNC(=NCc1ccnc(-n2ccnc2)c1)NCCCc1ccccc1.I. The molecule has 0 amide bonds. The van der Waals surface area contributed by atoms with Crippen LogP contribution < -0.4 is 10.6 Å². The third-order valence-corrected chi connectivity index (χ3v) is 4.12. The normalized spacial score (nSPS) is 11.0. The summed E-state index contributed by atoms with van der Waals surface area (Å²) in [5.41, 5.74) is 2.47. The van der Waals surface area contributed by atoms with Gasteiger partial charge in [-0.05, 0) is 43.0 Å². The fourth-order valence-electron chi connectivity index (χ4n) is 2.75. The number of guanidine groups is 1. The molecule has 2 N–H and O–H groups in total. The number of nitrogens with zero attached hydrogens (tertiary/aromatic N) is 4. The Bertz CT molecular complexity index is 833. The van der Waals surface area contributed by atoms with Gasteiger partial charge in [0.1, 0.15) is 12.1 Å². The van der Waals surface area contributed by atoms with Crippen LogP contribution in [0.3, 0.4) is 0 Å².